The van der Waals surface area contributed by atoms with E-state index >= 15 is 9.59 Å². The molecule has 0 aromatic heterocycles. The van der Waals surface area contributed by atoms with Gasteiger partial charge in [0.2, 0.25) is 35.6 Å². The number of hydrogen-bond donors (Lipinski definition) is 9. The molecule has 3 aromatic carbocycles. The number of ketones is 2. The number of carbonyl (C=O) groups is 11. The molecule has 11 N–H and O–H groups in total. The van der Waals surface area contributed by atoms with Gasteiger partial charge in [-0.25, -0.2) is 18.8 Å². The third-order valence-electron chi connectivity index (χ3n) is 19.9. The summed E-state index contributed by atoms with van der Waals surface area (Å²) >= 11 is 6.00. The highest BCUT2D eigenvalue weighted by Crippen LogP contribution is 2.69. The van der Waals surface area contributed by atoms with E-state index in [1.807, 2.05) is 6.92 Å². The third-order valence-corrected chi connectivity index (χ3v) is 20.2. The molecule has 14 atom stereocenters. The number of benzene rings is 3. The quantitative estimate of drug-likeness (QED) is 0.0125. The Morgan fingerprint density at radius 1 is 0.825 bits per heavy atom. The molecule has 2 unspecified atom stereocenters. The number of aliphatic hydroxyl groups excluding tert-OH is 2. The van der Waals surface area contributed by atoms with E-state index in [1.54, 1.807) is 77.9 Å². The lowest BCUT2D eigenvalue weighted by Gasteiger charge is -2.68. The number of halogens is 2. The van der Waals surface area contributed by atoms with Gasteiger partial charge in [-0.05, 0) is 150 Å². The highest BCUT2D eigenvalue weighted by atomic mass is 35.5. The van der Waals surface area contributed by atoms with E-state index in [0.29, 0.717) is 18.4 Å². The summed E-state index contributed by atoms with van der Waals surface area (Å²) in [6, 6.07) is 15.7. The average Bonchev–Trinajstić information content (AvgIpc) is 0.674. The van der Waals surface area contributed by atoms with Crippen molar-refractivity contribution < 1.29 is 91.4 Å². The lowest BCUT2D eigenvalue weighted by molar-refractivity contribution is -0.266. The number of aliphatic hydroxyl groups is 3. The van der Waals surface area contributed by atoms with Crippen LogP contribution in [0, 0.1) is 39.8 Å². The smallest absolute Gasteiger partial charge is 0.408 e. The fourth-order valence-corrected chi connectivity index (χ4v) is 14.4. The van der Waals surface area contributed by atoms with Crippen molar-refractivity contribution in [1.82, 2.24) is 21.3 Å². The van der Waals surface area contributed by atoms with Crippen molar-refractivity contribution in [3.8, 4) is 0 Å². The van der Waals surface area contributed by atoms with Gasteiger partial charge in [-0.1, -0.05) is 87.0 Å². The molecular weight excluding hydrogens is 1280 g/mol. The normalized spacial score (nSPS) is 25.6. The number of hydrogen-bond acceptors (Lipinski definition) is 18. The monoisotopic (exact) mass is 1370 g/mol. The maximum Gasteiger partial charge on any atom is 0.408 e. The summed E-state index contributed by atoms with van der Waals surface area (Å²) in [6.07, 6.45) is -7.73. The number of Topliss-reactive ketones (excluding diaryl/α,β-unsaturated/α-hetero) is 2. The van der Waals surface area contributed by atoms with Gasteiger partial charge >= 0.3 is 24.0 Å². The van der Waals surface area contributed by atoms with Crippen LogP contribution in [0.1, 0.15) is 167 Å². The zero-order valence-corrected chi connectivity index (χ0v) is 56.8. The first-order valence-electron chi connectivity index (χ1n) is 32.6. The van der Waals surface area contributed by atoms with Crippen LogP contribution >= 0.6 is 11.6 Å². The van der Waals surface area contributed by atoms with Crippen molar-refractivity contribution in [2.24, 2.45) is 45.5 Å². The van der Waals surface area contributed by atoms with E-state index in [0.717, 1.165) is 18.2 Å². The average molecular weight is 1370 g/mol. The molecule has 97 heavy (non-hydrogen) atoms. The van der Waals surface area contributed by atoms with E-state index in [-0.39, 0.29) is 78.3 Å². The number of ether oxygens (including phenoxy) is 4. The number of fused-ring (bicyclic) bond motifs is 5. The van der Waals surface area contributed by atoms with Crippen LogP contribution in [0.25, 0.3) is 6.08 Å². The highest BCUT2D eigenvalue weighted by Gasteiger charge is 2.74. The van der Waals surface area contributed by atoms with Crippen LogP contribution in [0.3, 0.4) is 0 Å². The number of carbonyl (C=O) groups excluding carboxylic acids is 11. The molecule has 26 heteroatoms. The van der Waals surface area contributed by atoms with Gasteiger partial charge in [-0.2, -0.15) is 0 Å². The summed E-state index contributed by atoms with van der Waals surface area (Å²) in [5.41, 5.74) is 4.41. The van der Waals surface area contributed by atoms with Crippen molar-refractivity contribution >= 4 is 82.8 Å². The summed E-state index contributed by atoms with van der Waals surface area (Å²) in [4.78, 5) is 149. The van der Waals surface area contributed by atoms with Crippen LogP contribution < -0.4 is 32.7 Å². The first-order valence-corrected chi connectivity index (χ1v) is 33.0. The summed E-state index contributed by atoms with van der Waals surface area (Å²) < 4.78 is 37.8. The third kappa shape index (κ3) is 17.7. The zero-order valence-electron chi connectivity index (χ0n) is 56.1. The standard InChI is InChI=1S/C71H90ClFN6O18/c1-38-49(37-71(93)61(96-64(90)42-20-14-11-15-21-42)59-69(8)32-31-44(69)35-50(81)70(59,9)60(87)57(86)55(38)68(71,6)7)94-65(91)58(56(41-18-12-10-13-19-41)79-66(92)97-67(3,4)5)95-54(85)30-29-51(82)76-33-17-16-22-47(63(75)89)78-53(84)28-25-43(62(74)88)34-48(80)39(2)77-52(83)27-24-40-23-26-45(73)36-46(40)72/h10-15,18-21,23-24,26-27,36,39,43-44,47,49-50,56-59,61,81,86,93H,16-17,22,25,28-35,37H2,1-9H3,(H2,74,88)(H2,75,89)(H,76,82)(H,77,83)(H,78,84)(H,79,92)/b27-24+/t39?,43-,44-,47?,49+,50+,56-,57-,58-,59-,61+,69-,70-,71-/m1/s1. The van der Waals surface area contributed by atoms with Gasteiger partial charge in [0.05, 0.1) is 34.6 Å². The van der Waals surface area contributed by atoms with E-state index in [2.05, 4.69) is 21.3 Å². The fraction of sp³-hybridized carbons (Fsp3) is 0.535. The zero-order chi connectivity index (χ0) is 71.7. The van der Waals surface area contributed by atoms with Crippen LogP contribution in [-0.2, 0) is 62.1 Å². The number of primary amides is 2. The second-order valence-corrected chi connectivity index (χ2v) is 28.2. The minimum absolute atomic E-state index is 0.0244. The van der Waals surface area contributed by atoms with Crippen molar-refractivity contribution in [2.75, 3.05) is 6.54 Å². The van der Waals surface area contributed by atoms with Crippen LogP contribution in [0.4, 0.5) is 9.18 Å². The van der Waals surface area contributed by atoms with Gasteiger partial charge in [-0.3, -0.25) is 38.4 Å². The van der Waals surface area contributed by atoms with Crippen LogP contribution in [-0.4, -0.2) is 141 Å². The number of unbranched alkanes of at least 4 members (excludes halogenated alkanes) is 1. The molecule has 0 aliphatic heterocycles. The minimum atomic E-state index is -2.28. The Bertz CT molecular complexity index is 3540. The topological polar surface area (TPSA) is 386 Å². The van der Waals surface area contributed by atoms with E-state index in [9.17, 15) is 62.9 Å². The molecule has 0 heterocycles. The van der Waals surface area contributed by atoms with Crippen molar-refractivity contribution in [3.63, 3.8) is 0 Å². The van der Waals surface area contributed by atoms with Crippen molar-refractivity contribution in [1.29, 1.82) is 0 Å². The number of alkyl carbamates (subject to hydrolysis) is 1. The molecule has 0 saturated heterocycles. The van der Waals surface area contributed by atoms with Crippen LogP contribution in [0.5, 0.6) is 0 Å². The molecule has 3 saturated carbocycles. The van der Waals surface area contributed by atoms with Gasteiger partial charge in [-0.15, -0.1) is 0 Å². The van der Waals surface area contributed by atoms with Crippen LogP contribution in [0.15, 0.2) is 96.1 Å². The molecule has 0 radical (unpaired) electrons. The number of nitrogens with one attached hydrogen (secondary N) is 4. The predicted octanol–water partition coefficient (Wildman–Crippen LogP) is 6.41. The first-order chi connectivity index (χ1) is 45.4. The fourth-order valence-electron chi connectivity index (χ4n) is 14.2. The predicted molar refractivity (Wildman–Crippen MR) is 351 cm³/mol. The first kappa shape index (κ1) is 76.0. The summed E-state index contributed by atoms with van der Waals surface area (Å²) in [5.74, 6) is -11.3. The molecule has 4 aliphatic rings. The van der Waals surface area contributed by atoms with Crippen LogP contribution in [0.2, 0.25) is 5.02 Å². The van der Waals surface area contributed by atoms with Crippen molar-refractivity contribution in [2.45, 2.75) is 199 Å². The largest absolute Gasteiger partial charge is 0.455 e. The molecule has 3 aromatic rings. The number of nitrogens with two attached hydrogens (primary N) is 2. The molecule has 24 nitrogen and oxygen atoms in total. The Morgan fingerprint density at radius 3 is 2.09 bits per heavy atom. The number of rotatable bonds is 28. The Balaban J connectivity index is 1.01. The van der Waals surface area contributed by atoms with Gasteiger partial charge in [0, 0.05) is 55.6 Å². The molecule has 4 aliphatic carbocycles. The lowest BCUT2D eigenvalue weighted by Crippen LogP contribution is -2.75. The molecule has 526 valence electrons. The summed E-state index contributed by atoms with van der Waals surface area (Å²) in [7, 11) is 0. The molecule has 0 spiro atoms. The SMILES string of the molecule is CC1=C2[C@@H](O)C(=O)[C@@]3(C)[C@H]([C@H](OC(=O)c4ccccc4)[C@](O)(C[C@@H]1OC(=O)[C@H](OC(=O)CCC(=O)NCCCCC(NC(=O)CC[C@H](CC(=O)C(C)NC(=O)/C=C/c1ccc(F)cc1Cl)C(N)=O)C(N)=O)[C@H](NC(=O)OC(C)(C)C)c1ccccc1)C2(C)C)[C@]1(C)CC[C@@H]1C[C@@H]3O. The maximum absolute atomic E-state index is 15.3. The van der Waals surface area contributed by atoms with E-state index in [1.165, 1.54) is 50.3 Å². The summed E-state index contributed by atoms with van der Waals surface area (Å²) in [6.45, 7) is 14.4. The molecule has 3 fully saturated rings. The number of esters is 3. The maximum atomic E-state index is 15.3. The molecular formula is C71H90ClFN6O18. The Labute approximate surface area is 567 Å². The Morgan fingerprint density at radius 2 is 1.48 bits per heavy atom. The van der Waals surface area contributed by atoms with Gasteiger partial charge < -0.3 is 67.0 Å². The van der Waals surface area contributed by atoms with Gasteiger partial charge in [0.1, 0.15) is 47.4 Å². The molecule has 7 rings (SSSR count). The van der Waals surface area contributed by atoms with Gasteiger partial charge in [0.15, 0.2) is 11.6 Å². The molecule has 6 amide bonds. The van der Waals surface area contributed by atoms with Crippen molar-refractivity contribution in [3.05, 3.63) is 124 Å². The second-order valence-electron chi connectivity index (χ2n) is 27.8. The summed E-state index contributed by atoms with van der Waals surface area (Å²) in [5, 5.41) is 48.8. The molecule has 2 bridgehead atoms. The van der Waals surface area contributed by atoms with E-state index < -0.39 is 185 Å². The Kier molecular flexibility index (Phi) is 24.6. The Hall–Kier alpha value is -8.39. The lowest BCUT2D eigenvalue weighted by atomic mass is 9.37. The minimum Gasteiger partial charge on any atom is -0.455 e. The highest BCUT2D eigenvalue weighted by molar-refractivity contribution is 6.32. The number of amides is 6. The van der Waals surface area contributed by atoms with Gasteiger partial charge in [0.25, 0.3) is 0 Å². The van der Waals surface area contributed by atoms with E-state index in [4.69, 9.17) is 42.0 Å². The second kappa shape index (κ2) is 31.4.